The van der Waals surface area contributed by atoms with Gasteiger partial charge in [-0.15, -0.1) is 0 Å². The fourth-order valence-electron chi connectivity index (χ4n) is 1.11. The van der Waals surface area contributed by atoms with Crippen molar-refractivity contribution in [3.63, 3.8) is 0 Å². The van der Waals surface area contributed by atoms with Gasteiger partial charge in [-0.3, -0.25) is 4.72 Å². The Hall–Kier alpha value is -0.870. The van der Waals surface area contributed by atoms with Crippen molar-refractivity contribution in [3.8, 4) is 0 Å². The molecule has 1 aromatic carbocycles. The van der Waals surface area contributed by atoms with E-state index in [4.69, 9.17) is 0 Å². The first kappa shape index (κ1) is 16.2. The van der Waals surface area contributed by atoms with E-state index in [1.165, 1.54) is 17.7 Å². The Bertz CT molecular complexity index is 574. The molecule has 0 spiro atoms. The monoisotopic (exact) mass is 364 g/mol. The predicted molar refractivity (Wildman–Crippen MR) is 65.4 cm³/mol. The van der Waals surface area contributed by atoms with Crippen molar-refractivity contribution in [2.45, 2.75) is 13.1 Å². The number of hydrogen-bond donors (Lipinski definition) is 2. The van der Waals surface area contributed by atoms with Crippen molar-refractivity contribution >= 4 is 31.8 Å². The van der Waals surface area contributed by atoms with Gasteiger partial charge in [-0.1, -0.05) is 0 Å². The zero-order valence-corrected chi connectivity index (χ0v) is 11.9. The van der Waals surface area contributed by atoms with Crippen LogP contribution in [0.2, 0.25) is 0 Å². The predicted octanol–water partition coefficient (Wildman–Crippen LogP) is 2.71. The second kappa shape index (κ2) is 5.63. The molecule has 0 aliphatic heterocycles. The van der Waals surface area contributed by atoms with Crippen molar-refractivity contribution in [2.75, 3.05) is 11.3 Å². The van der Waals surface area contributed by atoms with E-state index < -0.39 is 28.7 Å². The zero-order valence-electron chi connectivity index (χ0n) is 9.48. The van der Waals surface area contributed by atoms with E-state index in [0.717, 1.165) is 6.07 Å². The highest BCUT2D eigenvalue weighted by molar-refractivity contribution is 9.10. The van der Waals surface area contributed by atoms with Gasteiger partial charge in [-0.05, 0) is 40.5 Å². The lowest BCUT2D eigenvalue weighted by atomic mass is 10.2. The number of rotatable bonds is 4. The molecule has 0 fully saturated rings. The van der Waals surface area contributed by atoms with Crippen molar-refractivity contribution < 1.29 is 26.0 Å². The van der Waals surface area contributed by atoms with Gasteiger partial charge < -0.3 is 0 Å². The highest BCUT2D eigenvalue weighted by Gasteiger charge is 2.29. The van der Waals surface area contributed by atoms with E-state index in [2.05, 4.69) is 15.9 Å². The van der Waals surface area contributed by atoms with Gasteiger partial charge >= 0.3 is 6.18 Å². The second-order valence-electron chi connectivity index (χ2n) is 3.62. The van der Waals surface area contributed by atoms with Crippen molar-refractivity contribution in [1.82, 2.24) is 4.72 Å². The van der Waals surface area contributed by atoms with Crippen LogP contribution in [0.3, 0.4) is 0 Å². The van der Waals surface area contributed by atoms with Crippen molar-refractivity contribution in [1.29, 1.82) is 0 Å². The Kier molecular flexibility index (Phi) is 4.80. The molecule has 0 saturated heterocycles. The maximum atomic E-state index is 13.2. The van der Waals surface area contributed by atoms with Crippen LogP contribution in [-0.4, -0.2) is 21.1 Å². The summed E-state index contributed by atoms with van der Waals surface area (Å²) in [5, 5.41) is 0. The summed E-state index contributed by atoms with van der Waals surface area (Å²) in [6.45, 7) is -0.230. The first-order valence-corrected chi connectivity index (χ1v) is 7.07. The number of nitrogens with one attached hydrogen (secondary N) is 2. The number of aryl methyl sites for hydroxylation is 1. The molecule has 10 heteroatoms. The molecule has 0 aromatic heterocycles. The van der Waals surface area contributed by atoms with E-state index in [1.807, 2.05) is 4.72 Å². The molecule has 0 radical (unpaired) electrons. The molecular formula is C9H9BrF4N2O2S. The van der Waals surface area contributed by atoms with E-state index in [0.29, 0.717) is 5.56 Å². The van der Waals surface area contributed by atoms with Crippen LogP contribution in [0.5, 0.6) is 0 Å². The van der Waals surface area contributed by atoms with E-state index >= 15 is 0 Å². The van der Waals surface area contributed by atoms with Gasteiger partial charge in [0.25, 0.3) is 10.2 Å². The minimum absolute atomic E-state index is 0.121. The summed E-state index contributed by atoms with van der Waals surface area (Å²) in [5.74, 6) is -0.737. The quantitative estimate of drug-likeness (QED) is 0.807. The van der Waals surface area contributed by atoms with Crippen LogP contribution < -0.4 is 9.44 Å². The molecular weight excluding hydrogens is 356 g/mol. The number of halogens is 5. The van der Waals surface area contributed by atoms with Gasteiger partial charge in [0.15, 0.2) is 0 Å². The summed E-state index contributed by atoms with van der Waals surface area (Å²) in [6, 6.07) is 2.17. The first-order valence-electron chi connectivity index (χ1n) is 4.80. The van der Waals surface area contributed by atoms with Gasteiger partial charge in [0.1, 0.15) is 12.4 Å². The maximum absolute atomic E-state index is 13.2. The normalized spacial score (nSPS) is 12.5. The van der Waals surface area contributed by atoms with E-state index in [-0.39, 0.29) is 10.2 Å². The molecule has 0 saturated carbocycles. The van der Waals surface area contributed by atoms with Gasteiger partial charge in [0.2, 0.25) is 0 Å². The smallest absolute Gasteiger partial charge is 0.271 e. The average molecular weight is 365 g/mol. The van der Waals surface area contributed by atoms with Crippen LogP contribution in [0.4, 0.5) is 23.2 Å². The Morgan fingerprint density at radius 3 is 2.42 bits per heavy atom. The summed E-state index contributed by atoms with van der Waals surface area (Å²) in [7, 11) is -4.42. The number of anilines is 1. The summed E-state index contributed by atoms with van der Waals surface area (Å²) >= 11 is 2.90. The number of benzene rings is 1. The Labute approximate surface area is 115 Å². The molecule has 108 valence electrons. The van der Waals surface area contributed by atoms with Crippen LogP contribution in [0.25, 0.3) is 0 Å². The lowest BCUT2D eigenvalue weighted by molar-refractivity contribution is -0.121. The van der Waals surface area contributed by atoms with Crippen molar-refractivity contribution in [2.24, 2.45) is 0 Å². The minimum atomic E-state index is -4.67. The SMILES string of the molecule is Cc1cc(Br)c(F)cc1NS(=O)(=O)NCC(F)(F)F. The lowest BCUT2D eigenvalue weighted by Gasteiger charge is -2.13. The summed E-state index contributed by atoms with van der Waals surface area (Å²) in [5.41, 5.74) is 0.209. The van der Waals surface area contributed by atoms with Gasteiger partial charge in [0, 0.05) is 0 Å². The number of alkyl halides is 3. The zero-order chi connectivity index (χ0) is 14.8. The first-order chi connectivity index (χ1) is 8.50. The molecule has 1 rings (SSSR count). The van der Waals surface area contributed by atoms with Crippen LogP contribution in [-0.2, 0) is 10.2 Å². The van der Waals surface area contributed by atoms with Crippen molar-refractivity contribution in [3.05, 3.63) is 28.0 Å². The molecule has 19 heavy (non-hydrogen) atoms. The Morgan fingerprint density at radius 2 is 1.89 bits per heavy atom. The topological polar surface area (TPSA) is 58.2 Å². The molecule has 0 unspecified atom stereocenters. The largest absolute Gasteiger partial charge is 0.402 e. The minimum Gasteiger partial charge on any atom is -0.271 e. The molecule has 0 aliphatic rings. The third-order valence-electron chi connectivity index (χ3n) is 1.97. The highest BCUT2D eigenvalue weighted by atomic mass is 79.9. The Morgan fingerprint density at radius 1 is 1.32 bits per heavy atom. The van der Waals surface area contributed by atoms with Gasteiger partial charge in [0.05, 0.1) is 10.2 Å². The summed E-state index contributed by atoms with van der Waals surface area (Å²) in [6.07, 6.45) is -4.67. The van der Waals surface area contributed by atoms with Gasteiger partial charge in [-0.2, -0.15) is 26.3 Å². The average Bonchev–Trinajstić information content (AvgIpc) is 2.22. The van der Waals surface area contributed by atoms with E-state index in [1.54, 1.807) is 0 Å². The fraction of sp³-hybridized carbons (Fsp3) is 0.333. The van der Waals surface area contributed by atoms with Gasteiger partial charge in [-0.25, -0.2) is 4.39 Å². The van der Waals surface area contributed by atoms with Crippen LogP contribution >= 0.6 is 15.9 Å². The van der Waals surface area contributed by atoms with E-state index in [9.17, 15) is 26.0 Å². The molecule has 0 aliphatic carbocycles. The third kappa shape index (κ3) is 5.33. The lowest BCUT2D eigenvalue weighted by Crippen LogP contribution is -2.37. The van der Waals surface area contributed by atoms with Crippen LogP contribution in [0.1, 0.15) is 5.56 Å². The number of hydrogen-bond acceptors (Lipinski definition) is 2. The molecule has 1 aromatic rings. The molecule has 0 amide bonds. The second-order valence-corrected chi connectivity index (χ2v) is 5.98. The third-order valence-corrected chi connectivity index (χ3v) is 3.59. The standard InChI is InChI=1S/C9H9BrF4N2O2S/c1-5-2-6(10)7(11)3-8(5)16-19(17,18)15-4-9(12,13)14/h2-3,15-16H,4H2,1H3. The summed E-state index contributed by atoms with van der Waals surface area (Å²) in [4.78, 5) is 0. The molecule has 4 nitrogen and oxygen atoms in total. The maximum Gasteiger partial charge on any atom is 0.402 e. The fourth-order valence-corrected chi connectivity index (χ4v) is 2.51. The molecule has 0 atom stereocenters. The van der Waals surface area contributed by atoms with Crippen LogP contribution in [0.15, 0.2) is 16.6 Å². The Balaban J connectivity index is 2.87. The summed E-state index contributed by atoms with van der Waals surface area (Å²) < 4.78 is 74.9. The molecule has 2 N–H and O–H groups in total. The molecule has 0 bridgehead atoms. The molecule has 0 heterocycles. The highest BCUT2D eigenvalue weighted by Crippen LogP contribution is 2.24. The van der Waals surface area contributed by atoms with Crippen LogP contribution in [0, 0.1) is 12.7 Å².